The molecule has 2 fully saturated rings. The third-order valence-electron chi connectivity index (χ3n) is 9.08. The van der Waals surface area contributed by atoms with Crippen molar-refractivity contribution < 1.29 is 9.22 Å². The second kappa shape index (κ2) is 12.6. The summed E-state index contributed by atoms with van der Waals surface area (Å²) in [6.07, 6.45) is 3.96. The van der Waals surface area contributed by atoms with Crippen molar-refractivity contribution in [3.8, 4) is 6.07 Å². The van der Waals surface area contributed by atoms with Crippen molar-refractivity contribution in [2.45, 2.75) is 77.7 Å². The van der Waals surface area contributed by atoms with Crippen molar-refractivity contribution in [1.29, 1.82) is 5.26 Å². The summed E-state index contributed by atoms with van der Waals surface area (Å²) in [4.78, 5) is 24.3. The molecule has 3 heterocycles. The second-order valence-corrected chi connectivity index (χ2v) is 18.3. The highest BCUT2D eigenvalue weighted by atomic mass is 35.5. The van der Waals surface area contributed by atoms with Gasteiger partial charge in [0.1, 0.15) is 11.9 Å². The number of nitrogens with one attached hydrogen (secondary N) is 1. The van der Waals surface area contributed by atoms with Crippen LogP contribution in [0.3, 0.4) is 0 Å². The molecule has 8 nitrogen and oxygen atoms in total. The molecule has 222 valence electrons. The van der Waals surface area contributed by atoms with Crippen molar-refractivity contribution in [3.05, 3.63) is 47.1 Å². The smallest absolute Gasteiger partial charge is 0.322 e. The SMILES string of the molecule is C[C@@H]1CN(C(=O)Nc2ccc(N3CCC(CO[Si](C)(C)C(C)(C)C)CC3)nc2)[C@@H](C)CN1c1ccc(C#N)c(Cl)c1. The first kappa shape index (κ1) is 31.1. The minimum absolute atomic E-state index is 0.00485. The van der Waals surface area contributed by atoms with E-state index in [1.54, 1.807) is 12.3 Å². The summed E-state index contributed by atoms with van der Waals surface area (Å²) in [5.74, 6) is 1.54. The Morgan fingerprint density at radius 3 is 2.44 bits per heavy atom. The molecule has 0 radical (unpaired) electrons. The molecule has 1 aromatic carbocycles. The molecule has 0 aliphatic carbocycles. The normalized spacial score (nSPS) is 20.6. The van der Waals surface area contributed by atoms with Gasteiger partial charge in [-0.2, -0.15) is 5.26 Å². The highest BCUT2D eigenvalue weighted by Crippen LogP contribution is 2.37. The number of hydrogen-bond donors (Lipinski definition) is 1. The summed E-state index contributed by atoms with van der Waals surface area (Å²) in [7, 11) is -1.72. The summed E-state index contributed by atoms with van der Waals surface area (Å²) < 4.78 is 6.47. The van der Waals surface area contributed by atoms with Gasteiger partial charge in [0.25, 0.3) is 0 Å². The van der Waals surface area contributed by atoms with E-state index < -0.39 is 8.32 Å². The van der Waals surface area contributed by atoms with Crippen LogP contribution in [-0.4, -0.2) is 69.1 Å². The fraction of sp³-hybridized carbons (Fsp3) is 0.581. The number of urea groups is 1. The topological polar surface area (TPSA) is 84.7 Å². The van der Waals surface area contributed by atoms with Crippen molar-refractivity contribution in [2.24, 2.45) is 5.92 Å². The number of anilines is 3. The Balaban J connectivity index is 1.27. The number of carbonyl (C=O) groups is 1. The van der Waals surface area contributed by atoms with Crippen LogP contribution in [0.15, 0.2) is 36.5 Å². The number of aromatic nitrogens is 1. The summed E-state index contributed by atoms with van der Waals surface area (Å²) in [5.41, 5.74) is 2.11. The van der Waals surface area contributed by atoms with E-state index in [1.807, 2.05) is 36.1 Å². The summed E-state index contributed by atoms with van der Waals surface area (Å²) in [6.45, 7) is 19.7. The van der Waals surface area contributed by atoms with E-state index in [2.05, 4.69) is 67.0 Å². The van der Waals surface area contributed by atoms with E-state index in [4.69, 9.17) is 16.0 Å². The van der Waals surface area contributed by atoms with Gasteiger partial charge in [-0.1, -0.05) is 32.4 Å². The number of piperazine rings is 1. The first-order valence-electron chi connectivity index (χ1n) is 14.7. The first-order chi connectivity index (χ1) is 19.3. The zero-order valence-corrected chi connectivity index (χ0v) is 27.3. The van der Waals surface area contributed by atoms with Gasteiger partial charge in [0.15, 0.2) is 8.32 Å². The lowest BCUT2D eigenvalue weighted by Crippen LogP contribution is -2.59. The van der Waals surface area contributed by atoms with Crippen LogP contribution in [0.2, 0.25) is 23.2 Å². The number of benzene rings is 1. The Hall–Kier alpha value is -2.80. The number of nitrogens with zero attached hydrogens (tertiary/aromatic N) is 5. The van der Waals surface area contributed by atoms with E-state index >= 15 is 0 Å². The molecule has 0 bridgehead atoms. The maximum Gasteiger partial charge on any atom is 0.322 e. The molecule has 1 N–H and O–H groups in total. The molecule has 4 rings (SSSR count). The molecule has 0 unspecified atom stereocenters. The molecule has 1 aromatic heterocycles. The summed E-state index contributed by atoms with van der Waals surface area (Å²) in [5, 5.41) is 12.9. The average molecular weight is 597 g/mol. The molecule has 41 heavy (non-hydrogen) atoms. The Bertz CT molecular complexity index is 1250. The van der Waals surface area contributed by atoms with Crippen LogP contribution in [0.1, 0.15) is 53.0 Å². The predicted molar refractivity (Wildman–Crippen MR) is 170 cm³/mol. The van der Waals surface area contributed by atoms with Gasteiger partial charge in [-0.3, -0.25) is 0 Å². The molecule has 2 aliphatic heterocycles. The zero-order chi connectivity index (χ0) is 29.9. The van der Waals surface area contributed by atoms with Crippen LogP contribution in [0, 0.1) is 17.2 Å². The second-order valence-electron chi connectivity index (χ2n) is 13.1. The number of nitriles is 1. The first-order valence-corrected chi connectivity index (χ1v) is 18.0. The highest BCUT2D eigenvalue weighted by molar-refractivity contribution is 6.74. The molecule has 0 spiro atoms. The van der Waals surface area contributed by atoms with Gasteiger partial charge in [0.05, 0.1) is 22.5 Å². The Kier molecular flexibility index (Phi) is 9.57. The van der Waals surface area contributed by atoms with Crippen LogP contribution < -0.4 is 15.1 Å². The van der Waals surface area contributed by atoms with Crippen LogP contribution in [0.4, 0.5) is 22.0 Å². The lowest BCUT2D eigenvalue weighted by atomic mass is 9.98. The van der Waals surface area contributed by atoms with Crippen molar-refractivity contribution in [1.82, 2.24) is 9.88 Å². The minimum atomic E-state index is -1.72. The lowest BCUT2D eigenvalue weighted by molar-refractivity contribution is 0.173. The molecule has 0 saturated carbocycles. The number of carbonyl (C=O) groups excluding carboxylic acids is 1. The van der Waals surface area contributed by atoms with Crippen molar-refractivity contribution >= 4 is 43.1 Å². The average Bonchev–Trinajstić information content (AvgIpc) is 2.93. The highest BCUT2D eigenvalue weighted by Gasteiger charge is 2.38. The standard InChI is InChI=1S/C31H45ClN6O2Si/c1-22-20-38(23(2)19-37(22)27-10-8-25(17-33)28(32)16-27)30(39)35-26-9-11-29(34-18-26)36-14-12-24(13-15-36)21-40-41(6,7)31(3,4)5/h8-11,16,18,22-24H,12-15,19-21H2,1-7H3,(H,35,39)/t22-,23+/m1/s1. The molecular weight excluding hydrogens is 552 g/mol. The molecule has 10 heteroatoms. The van der Waals surface area contributed by atoms with Gasteiger partial charge in [0, 0.05) is 50.6 Å². The Labute approximate surface area is 251 Å². The zero-order valence-electron chi connectivity index (χ0n) is 25.6. The third-order valence-corrected chi connectivity index (χ3v) is 13.9. The van der Waals surface area contributed by atoms with Gasteiger partial charge >= 0.3 is 6.03 Å². The van der Waals surface area contributed by atoms with Gasteiger partial charge in [-0.25, -0.2) is 9.78 Å². The van der Waals surface area contributed by atoms with Crippen LogP contribution in [-0.2, 0) is 4.43 Å². The van der Waals surface area contributed by atoms with E-state index in [0.717, 1.165) is 44.0 Å². The molecular formula is C31H45ClN6O2Si. The van der Waals surface area contributed by atoms with E-state index in [0.29, 0.717) is 35.3 Å². The molecule has 2 aliphatic rings. The maximum absolute atomic E-state index is 13.2. The summed E-state index contributed by atoms with van der Waals surface area (Å²) in [6, 6.07) is 11.5. The van der Waals surface area contributed by atoms with Gasteiger partial charge in [-0.15, -0.1) is 0 Å². The number of rotatable bonds is 6. The van der Waals surface area contributed by atoms with Crippen LogP contribution in [0.25, 0.3) is 0 Å². The quantitative estimate of drug-likeness (QED) is 0.362. The molecule has 2 amide bonds. The van der Waals surface area contributed by atoms with Crippen molar-refractivity contribution in [2.75, 3.05) is 47.9 Å². The lowest BCUT2D eigenvalue weighted by Gasteiger charge is -2.45. The van der Waals surface area contributed by atoms with E-state index in [9.17, 15) is 10.1 Å². The largest absolute Gasteiger partial charge is 0.417 e. The number of amides is 2. The van der Waals surface area contributed by atoms with Gasteiger partial charge in [-0.05, 0) is 81.1 Å². The Morgan fingerprint density at radius 1 is 1.15 bits per heavy atom. The van der Waals surface area contributed by atoms with Gasteiger partial charge in [0.2, 0.25) is 0 Å². The van der Waals surface area contributed by atoms with Crippen LogP contribution in [0.5, 0.6) is 0 Å². The molecule has 2 atom stereocenters. The van der Waals surface area contributed by atoms with Gasteiger partial charge < -0.3 is 24.4 Å². The van der Waals surface area contributed by atoms with Crippen LogP contribution >= 0.6 is 11.6 Å². The minimum Gasteiger partial charge on any atom is -0.417 e. The van der Waals surface area contributed by atoms with Crippen molar-refractivity contribution in [3.63, 3.8) is 0 Å². The number of hydrogen-bond acceptors (Lipinski definition) is 6. The summed E-state index contributed by atoms with van der Waals surface area (Å²) >= 11 is 6.27. The molecule has 2 saturated heterocycles. The van der Waals surface area contributed by atoms with E-state index in [1.165, 1.54) is 0 Å². The fourth-order valence-electron chi connectivity index (χ4n) is 5.26. The molecule has 2 aromatic rings. The Morgan fingerprint density at radius 2 is 1.85 bits per heavy atom. The number of piperidine rings is 1. The fourth-order valence-corrected chi connectivity index (χ4v) is 6.56. The monoisotopic (exact) mass is 596 g/mol. The van der Waals surface area contributed by atoms with E-state index in [-0.39, 0.29) is 23.2 Å². The predicted octanol–water partition coefficient (Wildman–Crippen LogP) is 6.98. The maximum atomic E-state index is 13.2. The third kappa shape index (κ3) is 7.35. The number of pyridine rings is 1. The number of halogens is 1.